The van der Waals surface area contributed by atoms with Crippen molar-refractivity contribution in [3.05, 3.63) is 177 Å². The fraction of sp³-hybridized carbons (Fsp3) is 0. The third-order valence-corrected chi connectivity index (χ3v) is 14.1. The average Bonchev–Trinajstić information content (AvgIpc) is 3.95. The number of furan rings is 1. The first-order chi connectivity index (χ1) is 25.8. The number of fused-ring (bicyclic) bond motifs is 12. The molecule has 3 nitrogen and oxygen atoms in total. The summed E-state index contributed by atoms with van der Waals surface area (Å²) in [6, 6.07) is 62.2. The van der Waals surface area contributed by atoms with Gasteiger partial charge < -0.3 is 0 Å². The van der Waals surface area contributed by atoms with Gasteiger partial charge in [0.25, 0.3) is 0 Å². The van der Waals surface area contributed by atoms with Crippen molar-refractivity contribution in [1.82, 2.24) is 9.13 Å². The zero-order chi connectivity index (χ0) is 33.9. The van der Waals surface area contributed by atoms with Gasteiger partial charge in [0, 0.05) is 0 Å². The summed E-state index contributed by atoms with van der Waals surface area (Å²) >= 11 is -0.394. The topological polar surface area (TPSA) is 23.0 Å². The van der Waals surface area contributed by atoms with E-state index in [2.05, 4.69) is 179 Å². The Labute approximate surface area is 309 Å². The van der Waals surface area contributed by atoms with Crippen LogP contribution in [0.1, 0.15) is 0 Å². The summed E-state index contributed by atoms with van der Waals surface area (Å²) in [7, 11) is 0. The van der Waals surface area contributed by atoms with Crippen molar-refractivity contribution in [1.29, 1.82) is 0 Å². The third-order valence-electron chi connectivity index (χ3n) is 10.9. The minimum atomic E-state index is -0.394. The molecule has 11 aromatic rings. The molecule has 8 aromatic carbocycles. The maximum absolute atomic E-state index is 6.57. The van der Waals surface area contributed by atoms with Crippen LogP contribution in [0, 0.1) is 7.14 Å². The van der Waals surface area contributed by atoms with E-state index < -0.39 is 21.2 Å². The van der Waals surface area contributed by atoms with Gasteiger partial charge in [-0.15, -0.1) is 0 Å². The van der Waals surface area contributed by atoms with Crippen LogP contribution in [0.4, 0.5) is 0 Å². The normalized spacial score (nSPS) is 12.7. The molecule has 0 bridgehead atoms. The second kappa shape index (κ2) is 10.7. The van der Waals surface area contributed by atoms with Gasteiger partial charge in [-0.05, 0) is 0 Å². The first-order valence-electron chi connectivity index (χ1n) is 17.7. The predicted octanol–water partition coefficient (Wildman–Crippen LogP) is 9.56. The van der Waals surface area contributed by atoms with Crippen LogP contribution in [0.25, 0.3) is 99.2 Å². The van der Waals surface area contributed by atoms with Crippen LogP contribution in [0.5, 0.6) is 0 Å². The van der Waals surface area contributed by atoms with Gasteiger partial charge in [-0.25, -0.2) is 0 Å². The SMILES string of the molecule is c1cc2c(c(-c3cccc4oc5ccc(-n6c7ccccc7c7ccccc76)cc5c34)c1)[I-]c1ccc(-n3c4ccccc4c4ccccc43)cc1-2. The molecule has 0 spiro atoms. The Morgan fingerprint density at radius 2 is 0.865 bits per heavy atom. The molecule has 0 radical (unpaired) electrons. The Hall–Kier alpha value is -6.11. The number of rotatable bonds is 3. The van der Waals surface area contributed by atoms with Gasteiger partial charge in [0.1, 0.15) is 0 Å². The number of aromatic nitrogens is 2. The van der Waals surface area contributed by atoms with Crippen LogP contribution in [0.2, 0.25) is 0 Å². The second-order valence-corrected chi connectivity index (χ2v) is 16.4. The Kier molecular flexibility index (Phi) is 5.88. The number of halogens is 1. The molecule has 0 amide bonds. The van der Waals surface area contributed by atoms with E-state index in [0.29, 0.717) is 0 Å². The molecule has 0 aliphatic carbocycles. The van der Waals surface area contributed by atoms with Crippen LogP contribution in [-0.2, 0) is 0 Å². The summed E-state index contributed by atoms with van der Waals surface area (Å²) in [6.07, 6.45) is 0. The average molecular weight is 776 g/mol. The van der Waals surface area contributed by atoms with Crippen molar-refractivity contribution < 1.29 is 25.6 Å². The third kappa shape index (κ3) is 3.90. The molecule has 4 heteroatoms. The van der Waals surface area contributed by atoms with E-state index in [0.717, 1.165) is 22.2 Å². The monoisotopic (exact) mass is 775 g/mol. The van der Waals surface area contributed by atoms with E-state index in [1.807, 2.05) is 0 Å². The van der Waals surface area contributed by atoms with Crippen LogP contribution in [-0.4, -0.2) is 9.13 Å². The molecule has 4 heterocycles. The van der Waals surface area contributed by atoms with Crippen molar-refractivity contribution >= 4 is 65.6 Å². The van der Waals surface area contributed by atoms with E-state index >= 15 is 0 Å². The van der Waals surface area contributed by atoms with Crippen molar-refractivity contribution in [3.63, 3.8) is 0 Å². The van der Waals surface area contributed by atoms with Crippen LogP contribution < -0.4 is 21.2 Å². The number of hydrogen-bond donors (Lipinski definition) is 0. The Morgan fingerprint density at radius 3 is 1.48 bits per heavy atom. The van der Waals surface area contributed by atoms with Crippen LogP contribution in [0.3, 0.4) is 0 Å². The van der Waals surface area contributed by atoms with E-state index in [1.54, 1.807) is 0 Å². The number of benzene rings is 8. The van der Waals surface area contributed by atoms with Gasteiger partial charge in [-0.3, -0.25) is 0 Å². The Bertz CT molecular complexity index is 3180. The summed E-state index contributed by atoms with van der Waals surface area (Å²) in [6.45, 7) is 0. The fourth-order valence-corrected chi connectivity index (χ4v) is 11.9. The van der Waals surface area contributed by atoms with Crippen molar-refractivity contribution in [2.24, 2.45) is 0 Å². The van der Waals surface area contributed by atoms with Gasteiger partial charge in [0.05, 0.1) is 0 Å². The standard InChI is InChI=1S/C48H28IN2O/c1-5-18-41-31(11-1)32-12-2-6-19-42(32)50(41)29-23-25-40-38(27-29)37-17-9-16-36(48(37)49-40)35-15-10-22-46-47(35)39-28-30(24-26-45(39)52-46)51-43-20-7-3-13-33(43)34-14-4-8-21-44(34)51/h1-28H/q-1. The molecular formula is C48H28IN2O-. The Morgan fingerprint density at radius 1 is 0.365 bits per heavy atom. The van der Waals surface area contributed by atoms with Gasteiger partial charge in [0.2, 0.25) is 0 Å². The first kappa shape index (κ1) is 28.6. The van der Waals surface area contributed by atoms with E-state index in [1.165, 1.54) is 84.1 Å². The zero-order valence-electron chi connectivity index (χ0n) is 27.8. The van der Waals surface area contributed by atoms with E-state index in [9.17, 15) is 0 Å². The summed E-state index contributed by atoms with van der Waals surface area (Å²) in [5, 5.41) is 7.43. The van der Waals surface area contributed by atoms with Gasteiger partial charge in [-0.1, -0.05) is 0 Å². The summed E-state index contributed by atoms with van der Waals surface area (Å²) in [5.41, 5.74) is 14.4. The summed E-state index contributed by atoms with van der Waals surface area (Å²) in [5.74, 6) is 0. The second-order valence-electron chi connectivity index (χ2n) is 13.6. The van der Waals surface area contributed by atoms with Crippen LogP contribution >= 0.6 is 0 Å². The molecule has 12 rings (SSSR count). The van der Waals surface area contributed by atoms with E-state index in [4.69, 9.17) is 4.42 Å². The van der Waals surface area contributed by atoms with Crippen LogP contribution in [0.15, 0.2) is 174 Å². The zero-order valence-corrected chi connectivity index (χ0v) is 30.0. The molecule has 1 aliphatic rings. The number of nitrogens with zero attached hydrogens (tertiary/aromatic N) is 2. The predicted molar refractivity (Wildman–Crippen MR) is 211 cm³/mol. The molecule has 0 saturated carbocycles. The summed E-state index contributed by atoms with van der Waals surface area (Å²) < 4.78 is 14.3. The fourth-order valence-electron chi connectivity index (χ4n) is 8.67. The van der Waals surface area contributed by atoms with Crippen molar-refractivity contribution in [2.75, 3.05) is 0 Å². The molecule has 0 unspecified atom stereocenters. The van der Waals surface area contributed by atoms with Gasteiger partial charge in [0.15, 0.2) is 0 Å². The molecule has 1 aliphatic heterocycles. The molecule has 0 fully saturated rings. The Balaban J connectivity index is 1.04. The van der Waals surface area contributed by atoms with E-state index in [-0.39, 0.29) is 0 Å². The molecule has 0 atom stereocenters. The molecule has 244 valence electrons. The maximum atomic E-state index is 6.57. The molecular weight excluding hydrogens is 747 g/mol. The molecule has 0 saturated heterocycles. The molecule has 52 heavy (non-hydrogen) atoms. The molecule has 0 N–H and O–H groups in total. The van der Waals surface area contributed by atoms with Crippen molar-refractivity contribution in [2.45, 2.75) is 0 Å². The quantitative estimate of drug-likeness (QED) is 0.164. The minimum absolute atomic E-state index is 0.394. The summed E-state index contributed by atoms with van der Waals surface area (Å²) in [4.78, 5) is 0. The van der Waals surface area contributed by atoms with Gasteiger partial charge in [-0.2, -0.15) is 0 Å². The van der Waals surface area contributed by atoms with Gasteiger partial charge >= 0.3 is 311 Å². The number of para-hydroxylation sites is 4. The number of hydrogen-bond acceptors (Lipinski definition) is 1. The first-order valence-corrected chi connectivity index (χ1v) is 19.8. The molecule has 3 aromatic heterocycles. The van der Waals surface area contributed by atoms with Crippen molar-refractivity contribution in [3.8, 4) is 33.6 Å².